The Morgan fingerprint density at radius 3 is 2.65 bits per heavy atom. The topological polar surface area (TPSA) is 89.5 Å². The van der Waals surface area contributed by atoms with Crippen molar-refractivity contribution in [1.82, 2.24) is 0 Å². The molecule has 1 fully saturated rings. The van der Waals surface area contributed by atoms with Gasteiger partial charge < -0.3 is 28.4 Å². The summed E-state index contributed by atoms with van der Waals surface area (Å²) in [6, 6.07) is 3.33. The molecule has 2 aliphatic rings. The fourth-order valence-electron chi connectivity index (χ4n) is 3.48. The van der Waals surface area contributed by atoms with Gasteiger partial charge in [-0.3, -0.25) is 4.79 Å². The molecular weight excluding hydrogens is 404 g/mol. The molecule has 0 amide bonds. The van der Waals surface area contributed by atoms with Crippen molar-refractivity contribution < 1.29 is 38.0 Å². The predicted molar refractivity (Wildman–Crippen MR) is 112 cm³/mol. The minimum Gasteiger partial charge on any atom is -0.497 e. The van der Waals surface area contributed by atoms with Gasteiger partial charge in [-0.25, -0.2) is 4.79 Å². The third-order valence-electron chi connectivity index (χ3n) is 4.81. The van der Waals surface area contributed by atoms with Crippen molar-refractivity contribution in [1.29, 1.82) is 0 Å². The SMILES string of the molecule is COCOc1cc(OC)cc2c1C(=O)OCC/C=C\C(=O)[C@H]1OC(C)(C)O[C@H]1CC=C2. The Morgan fingerprint density at radius 1 is 1.10 bits per heavy atom. The molecule has 8 nitrogen and oxygen atoms in total. The zero-order chi connectivity index (χ0) is 22.4. The molecule has 0 aromatic heterocycles. The van der Waals surface area contributed by atoms with Crippen LogP contribution < -0.4 is 9.47 Å². The normalized spacial score (nSPS) is 24.5. The Labute approximate surface area is 181 Å². The van der Waals surface area contributed by atoms with E-state index in [2.05, 4.69) is 0 Å². The van der Waals surface area contributed by atoms with Crippen molar-refractivity contribution in [3.63, 3.8) is 0 Å². The van der Waals surface area contributed by atoms with Gasteiger partial charge in [-0.1, -0.05) is 18.2 Å². The van der Waals surface area contributed by atoms with Gasteiger partial charge in [0.25, 0.3) is 0 Å². The standard InChI is InChI=1S/C23H28O8/c1-23(2)30-18-10-7-8-15-12-16(27-4)13-19(29-14-26-3)20(15)22(25)28-11-6-5-9-17(24)21(18)31-23/h5,7-9,12-13,18,21H,6,10-11,14H2,1-4H3/b8-7?,9-5-/t18-,21+/m0/s1. The molecule has 8 heteroatoms. The lowest BCUT2D eigenvalue weighted by Crippen LogP contribution is -2.30. The van der Waals surface area contributed by atoms with E-state index >= 15 is 0 Å². The molecule has 3 rings (SSSR count). The van der Waals surface area contributed by atoms with Crippen LogP contribution in [0, 0.1) is 0 Å². The van der Waals surface area contributed by atoms with Crippen LogP contribution in [0.1, 0.15) is 42.6 Å². The molecule has 1 aromatic carbocycles. The van der Waals surface area contributed by atoms with Crippen LogP contribution in [0.3, 0.4) is 0 Å². The van der Waals surface area contributed by atoms with Crippen molar-refractivity contribution in [2.45, 2.75) is 44.7 Å². The van der Waals surface area contributed by atoms with Crippen molar-refractivity contribution >= 4 is 17.8 Å². The average molecular weight is 432 g/mol. The number of hydrogen-bond acceptors (Lipinski definition) is 8. The molecule has 1 aromatic rings. The average Bonchev–Trinajstić information content (AvgIpc) is 3.05. The number of ketones is 1. The van der Waals surface area contributed by atoms with Crippen molar-refractivity contribution in [2.75, 3.05) is 27.6 Å². The van der Waals surface area contributed by atoms with E-state index in [9.17, 15) is 9.59 Å². The van der Waals surface area contributed by atoms with Gasteiger partial charge >= 0.3 is 5.97 Å². The molecule has 0 spiro atoms. The van der Waals surface area contributed by atoms with Gasteiger partial charge in [0.15, 0.2) is 18.4 Å². The summed E-state index contributed by atoms with van der Waals surface area (Å²) in [5, 5.41) is 0. The number of methoxy groups -OCH3 is 2. The third kappa shape index (κ3) is 5.72. The largest absolute Gasteiger partial charge is 0.497 e. The van der Waals surface area contributed by atoms with E-state index in [1.54, 1.807) is 38.1 Å². The van der Waals surface area contributed by atoms with E-state index < -0.39 is 24.0 Å². The third-order valence-corrected chi connectivity index (χ3v) is 4.81. The van der Waals surface area contributed by atoms with Crippen LogP contribution >= 0.6 is 0 Å². The number of benzene rings is 1. The molecule has 2 atom stereocenters. The fourth-order valence-corrected chi connectivity index (χ4v) is 3.48. The number of cyclic esters (lactones) is 1. The van der Waals surface area contributed by atoms with E-state index in [-0.39, 0.29) is 24.7 Å². The number of esters is 1. The highest BCUT2D eigenvalue weighted by Gasteiger charge is 2.43. The van der Waals surface area contributed by atoms with Gasteiger partial charge in [-0.05, 0) is 44.4 Å². The first-order valence-electron chi connectivity index (χ1n) is 10.1. The van der Waals surface area contributed by atoms with Crippen LogP contribution in [0.4, 0.5) is 0 Å². The highest BCUT2D eigenvalue weighted by molar-refractivity contribution is 5.97. The minimum atomic E-state index is -0.859. The van der Waals surface area contributed by atoms with Gasteiger partial charge in [-0.2, -0.15) is 0 Å². The van der Waals surface area contributed by atoms with Crippen LogP contribution in [-0.2, 0) is 23.7 Å². The molecule has 31 heavy (non-hydrogen) atoms. The summed E-state index contributed by atoms with van der Waals surface area (Å²) < 4.78 is 33.1. The summed E-state index contributed by atoms with van der Waals surface area (Å²) in [6.07, 6.45) is 6.36. The van der Waals surface area contributed by atoms with E-state index in [1.165, 1.54) is 20.3 Å². The van der Waals surface area contributed by atoms with Gasteiger partial charge in [0.05, 0.1) is 19.8 Å². The van der Waals surface area contributed by atoms with E-state index in [0.29, 0.717) is 29.9 Å². The van der Waals surface area contributed by atoms with Crippen molar-refractivity contribution in [2.24, 2.45) is 0 Å². The zero-order valence-electron chi connectivity index (χ0n) is 18.2. The monoisotopic (exact) mass is 432 g/mol. The summed E-state index contributed by atoms with van der Waals surface area (Å²) in [5.74, 6) is -0.763. The quantitative estimate of drug-likeness (QED) is 0.529. The summed E-state index contributed by atoms with van der Waals surface area (Å²) in [5.41, 5.74) is 0.829. The van der Waals surface area contributed by atoms with Crippen molar-refractivity contribution in [3.05, 3.63) is 41.5 Å². The number of fused-ring (bicyclic) bond motifs is 2. The van der Waals surface area contributed by atoms with Gasteiger partial charge in [0, 0.05) is 13.2 Å². The van der Waals surface area contributed by atoms with Crippen molar-refractivity contribution in [3.8, 4) is 11.5 Å². The van der Waals surface area contributed by atoms with E-state index in [1.807, 2.05) is 6.08 Å². The second-order valence-corrected chi connectivity index (χ2v) is 7.60. The molecule has 2 aliphatic heterocycles. The highest BCUT2D eigenvalue weighted by atomic mass is 16.8. The maximum atomic E-state index is 12.8. The van der Waals surface area contributed by atoms with Gasteiger partial charge in [0.2, 0.25) is 0 Å². The summed E-state index contributed by atoms with van der Waals surface area (Å²) in [7, 11) is 3.02. The summed E-state index contributed by atoms with van der Waals surface area (Å²) in [6.45, 7) is 3.63. The first-order valence-corrected chi connectivity index (χ1v) is 10.1. The Bertz CT molecular complexity index is 871. The van der Waals surface area contributed by atoms with Gasteiger partial charge in [0.1, 0.15) is 23.2 Å². The second kappa shape index (κ2) is 10.1. The molecule has 0 unspecified atom stereocenters. The van der Waals surface area contributed by atoms with Crippen LogP contribution in [0.2, 0.25) is 0 Å². The highest BCUT2D eigenvalue weighted by Crippen LogP contribution is 2.33. The zero-order valence-corrected chi connectivity index (χ0v) is 18.2. The number of rotatable bonds is 4. The maximum absolute atomic E-state index is 12.8. The number of carbonyl (C=O) groups excluding carboxylic acids is 2. The summed E-state index contributed by atoms with van der Waals surface area (Å²) in [4.78, 5) is 25.4. The van der Waals surface area contributed by atoms with Crippen LogP contribution in [0.25, 0.3) is 6.08 Å². The minimum absolute atomic E-state index is 0.0362. The van der Waals surface area contributed by atoms with E-state index in [0.717, 1.165) is 0 Å². The number of carbonyl (C=O) groups is 2. The molecule has 168 valence electrons. The van der Waals surface area contributed by atoms with Crippen LogP contribution in [0.5, 0.6) is 11.5 Å². The Kier molecular flexibility index (Phi) is 7.48. The molecule has 1 saturated heterocycles. The molecule has 0 aliphatic carbocycles. The lowest BCUT2D eigenvalue weighted by atomic mass is 10.0. The van der Waals surface area contributed by atoms with Gasteiger partial charge in [-0.15, -0.1) is 0 Å². The molecular formula is C23H28O8. The van der Waals surface area contributed by atoms with Crippen LogP contribution in [-0.4, -0.2) is 57.4 Å². The molecule has 0 radical (unpaired) electrons. The molecule has 2 heterocycles. The number of hydrogen-bond donors (Lipinski definition) is 0. The molecule has 0 N–H and O–H groups in total. The Hall–Kier alpha value is -2.68. The van der Waals surface area contributed by atoms with E-state index in [4.69, 9.17) is 28.4 Å². The maximum Gasteiger partial charge on any atom is 0.342 e. The second-order valence-electron chi connectivity index (χ2n) is 7.60. The molecule has 0 bridgehead atoms. The fraction of sp³-hybridized carbons (Fsp3) is 0.478. The first-order chi connectivity index (χ1) is 14.8. The van der Waals surface area contributed by atoms with Crippen LogP contribution in [0.15, 0.2) is 30.4 Å². The lowest BCUT2D eigenvalue weighted by molar-refractivity contribution is -0.152. The Balaban J connectivity index is 1.99. The molecule has 0 saturated carbocycles. The number of ether oxygens (including phenoxy) is 6. The first kappa shape index (κ1) is 23.0. The Morgan fingerprint density at radius 2 is 1.90 bits per heavy atom. The summed E-state index contributed by atoms with van der Waals surface area (Å²) >= 11 is 0. The smallest absolute Gasteiger partial charge is 0.342 e. The lowest BCUT2D eigenvalue weighted by Gasteiger charge is -2.16. The predicted octanol–water partition coefficient (Wildman–Crippen LogP) is 3.29.